The lowest BCUT2D eigenvalue weighted by molar-refractivity contribution is -0.201. The Hall–Kier alpha value is -0.600. The van der Waals surface area contributed by atoms with Gasteiger partial charge in [0.15, 0.2) is 0 Å². The van der Waals surface area contributed by atoms with E-state index in [0.29, 0.717) is 19.8 Å². The van der Waals surface area contributed by atoms with Crippen LogP contribution in [-0.2, 0) is 9.47 Å². The fourth-order valence-electron chi connectivity index (χ4n) is 1.09. The van der Waals surface area contributed by atoms with Gasteiger partial charge in [0.1, 0.15) is 5.60 Å². The van der Waals surface area contributed by atoms with Crippen LogP contribution in [0.3, 0.4) is 0 Å². The van der Waals surface area contributed by atoms with Crippen molar-refractivity contribution in [3.05, 3.63) is 25.3 Å². The van der Waals surface area contributed by atoms with E-state index in [4.69, 9.17) is 9.47 Å². The summed E-state index contributed by atoms with van der Waals surface area (Å²) in [6.07, 6.45) is 4.48. The Morgan fingerprint density at radius 2 is 2.09 bits per heavy atom. The maximum absolute atomic E-state index is 5.54. The lowest BCUT2D eigenvalue weighted by Gasteiger charge is -2.40. The van der Waals surface area contributed by atoms with Crippen molar-refractivity contribution in [2.75, 3.05) is 19.8 Å². The van der Waals surface area contributed by atoms with Gasteiger partial charge in [-0.1, -0.05) is 12.2 Å². The highest BCUT2D eigenvalue weighted by atomic mass is 16.6. The summed E-state index contributed by atoms with van der Waals surface area (Å²) in [5.41, 5.74) is -0.0874. The molecule has 0 aromatic heterocycles. The van der Waals surface area contributed by atoms with Crippen LogP contribution >= 0.6 is 0 Å². The molecule has 2 nitrogen and oxygen atoms in total. The predicted octanol–water partition coefficient (Wildman–Crippen LogP) is 1.53. The van der Waals surface area contributed by atoms with Crippen LogP contribution < -0.4 is 0 Å². The largest absolute Gasteiger partial charge is 0.375 e. The molecule has 1 aliphatic rings. The SMILES string of the molecule is C=CCOC1(CC=C)COC1. The van der Waals surface area contributed by atoms with Gasteiger partial charge in [-0.05, 0) is 6.42 Å². The molecule has 0 bridgehead atoms. The van der Waals surface area contributed by atoms with E-state index < -0.39 is 0 Å². The molecule has 0 aliphatic carbocycles. The molecule has 0 aromatic carbocycles. The lowest BCUT2D eigenvalue weighted by atomic mass is 9.98. The van der Waals surface area contributed by atoms with E-state index in [1.807, 2.05) is 6.08 Å². The second kappa shape index (κ2) is 3.69. The first-order chi connectivity index (χ1) is 5.33. The average Bonchev–Trinajstić information content (AvgIpc) is 1.95. The van der Waals surface area contributed by atoms with Crippen LogP contribution in [0, 0.1) is 0 Å². The number of rotatable bonds is 5. The Morgan fingerprint density at radius 3 is 2.45 bits per heavy atom. The van der Waals surface area contributed by atoms with Crippen LogP contribution in [0.15, 0.2) is 25.3 Å². The van der Waals surface area contributed by atoms with Crippen LogP contribution in [0.4, 0.5) is 0 Å². The van der Waals surface area contributed by atoms with E-state index >= 15 is 0 Å². The Labute approximate surface area is 67.5 Å². The van der Waals surface area contributed by atoms with Crippen molar-refractivity contribution in [1.82, 2.24) is 0 Å². The molecule has 1 fully saturated rings. The molecule has 1 heterocycles. The van der Waals surface area contributed by atoms with Gasteiger partial charge in [-0.2, -0.15) is 0 Å². The second-order valence-electron chi connectivity index (χ2n) is 2.77. The summed E-state index contributed by atoms with van der Waals surface area (Å²) in [6, 6.07) is 0. The minimum absolute atomic E-state index is 0.0874. The van der Waals surface area contributed by atoms with Crippen molar-refractivity contribution in [2.45, 2.75) is 12.0 Å². The normalized spacial score (nSPS) is 20.4. The van der Waals surface area contributed by atoms with Gasteiger partial charge in [0.25, 0.3) is 0 Å². The summed E-state index contributed by atoms with van der Waals surface area (Å²) in [4.78, 5) is 0. The Balaban J connectivity index is 2.32. The third-order valence-electron chi connectivity index (χ3n) is 1.75. The quantitative estimate of drug-likeness (QED) is 0.559. The minimum Gasteiger partial charge on any atom is -0.375 e. The predicted molar refractivity (Wildman–Crippen MR) is 44.5 cm³/mol. The lowest BCUT2D eigenvalue weighted by Crippen LogP contribution is -2.51. The van der Waals surface area contributed by atoms with Crippen molar-refractivity contribution in [3.63, 3.8) is 0 Å². The maximum Gasteiger partial charge on any atom is 0.118 e. The smallest absolute Gasteiger partial charge is 0.118 e. The molecule has 0 atom stereocenters. The molecule has 0 N–H and O–H groups in total. The van der Waals surface area contributed by atoms with Gasteiger partial charge >= 0.3 is 0 Å². The average molecular weight is 154 g/mol. The number of hydrogen-bond acceptors (Lipinski definition) is 2. The number of ether oxygens (including phenoxy) is 2. The van der Waals surface area contributed by atoms with Gasteiger partial charge in [0.2, 0.25) is 0 Å². The van der Waals surface area contributed by atoms with Crippen molar-refractivity contribution >= 4 is 0 Å². The number of hydrogen-bond donors (Lipinski definition) is 0. The summed E-state index contributed by atoms with van der Waals surface area (Å²) in [5, 5.41) is 0. The first-order valence-corrected chi connectivity index (χ1v) is 3.76. The molecule has 1 rings (SSSR count). The monoisotopic (exact) mass is 154 g/mol. The van der Waals surface area contributed by atoms with Crippen molar-refractivity contribution in [2.24, 2.45) is 0 Å². The molecule has 0 saturated carbocycles. The third-order valence-corrected chi connectivity index (χ3v) is 1.75. The van der Waals surface area contributed by atoms with Crippen molar-refractivity contribution in [1.29, 1.82) is 0 Å². The van der Waals surface area contributed by atoms with Gasteiger partial charge in [0, 0.05) is 0 Å². The summed E-state index contributed by atoms with van der Waals surface area (Å²) in [5.74, 6) is 0. The Morgan fingerprint density at radius 1 is 1.36 bits per heavy atom. The highest BCUT2D eigenvalue weighted by molar-refractivity contribution is 4.94. The molecule has 1 aliphatic heterocycles. The van der Waals surface area contributed by atoms with Gasteiger partial charge in [-0.3, -0.25) is 0 Å². The van der Waals surface area contributed by atoms with Crippen molar-refractivity contribution < 1.29 is 9.47 Å². The molecular weight excluding hydrogens is 140 g/mol. The zero-order valence-electron chi connectivity index (χ0n) is 6.71. The van der Waals surface area contributed by atoms with Gasteiger partial charge < -0.3 is 9.47 Å². The molecular formula is C9H14O2. The molecule has 62 valence electrons. The van der Waals surface area contributed by atoms with Crippen LogP contribution in [0.25, 0.3) is 0 Å². The molecule has 2 heteroatoms. The summed E-state index contributed by atoms with van der Waals surface area (Å²) < 4.78 is 10.6. The molecule has 0 unspecified atom stereocenters. The van der Waals surface area contributed by atoms with E-state index in [0.717, 1.165) is 6.42 Å². The van der Waals surface area contributed by atoms with Crippen LogP contribution in [0.5, 0.6) is 0 Å². The second-order valence-corrected chi connectivity index (χ2v) is 2.77. The Kier molecular flexibility index (Phi) is 2.85. The highest BCUT2D eigenvalue weighted by Gasteiger charge is 2.37. The fourth-order valence-corrected chi connectivity index (χ4v) is 1.09. The standard InChI is InChI=1S/C9H14O2/c1-3-5-9(7-10-8-9)11-6-4-2/h3-4H,1-2,5-8H2. The first-order valence-electron chi connectivity index (χ1n) is 3.76. The van der Waals surface area contributed by atoms with Crippen LogP contribution in [-0.4, -0.2) is 25.4 Å². The minimum atomic E-state index is -0.0874. The zero-order valence-corrected chi connectivity index (χ0v) is 6.71. The molecule has 1 saturated heterocycles. The van der Waals surface area contributed by atoms with Gasteiger partial charge in [-0.25, -0.2) is 0 Å². The van der Waals surface area contributed by atoms with E-state index in [2.05, 4.69) is 13.2 Å². The van der Waals surface area contributed by atoms with E-state index in [1.54, 1.807) is 6.08 Å². The van der Waals surface area contributed by atoms with Crippen molar-refractivity contribution in [3.8, 4) is 0 Å². The molecule has 0 radical (unpaired) electrons. The van der Waals surface area contributed by atoms with E-state index in [1.165, 1.54) is 0 Å². The van der Waals surface area contributed by atoms with Crippen LogP contribution in [0.2, 0.25) is 0 Å². The van der Waals surface area contributed by atoms with E-state index in [-0.39, 0.29) is 5.60 Å². The fraction of sp³-hybridized carbons (Fsp3) is 0.556. The topological polar surface area (TPSA) is 18.5 Å². The maximum atomic E-state index is 5.54. The Bertz CT molecular complexity index is 148. The summed E-state index contributed by atoms with van der Waals surface area (Å²) in [6.45, 7) is 9.23. The van der Waals surface area contributed by atoms with Gasteiger partial charge in [-0.15, -0.1) is 13.2 Å². The molecule has 0 amide bonds. The zero-order chi connectivity index (χ0) is 8.16. The highest BCUT2D eigenvalue weighted by Crippen LogP contribution is 2.25. The molecule has 11 heavy (non-hydrogen) atoms. The van der Waals surface area contributed by atoms with Gasteiger partial charge in [0.05, 0.1) is 19.8 Å². The summed E-state index contributed by atoms with van der Waals surface area (Å²) >= 11 is 0. The van der Waals surface area contributed by atoms with Crippen LogP contribution in [0.1, 0.15) is 6.42 Å². The molecule has 0 aromatic rings. The first kappa shape index (κ1) is 8.50. The molecule has 0 spiro atoms. The third kappa shape index (κ3) is 1.91. The van der Waals surface area contributed by atoms with E-state index in [9.17, 15) is 0 Å². The summed E-state index contributed by atoms with van der Waals surface area (Å²) in [7, 11) is 0.